The maximum Gasteiger partial charge on any atom is 0.247 e. The van der Waals surface area contributed by atoms with E-state index in [2.05, 4.69) is 202 Å². The van der Waals surface area contributed by atoms with E-state index in [-0.39, 0.29) is 21.7 Å². The number of aryl methyl sites for hydroxylation is 2. The summed E-state index contributed by atoms with van der Waals surface area (Å²) in [5, 5.41) is 6.15. The lowest BCUT2D eigenvalue weighted by molar-refractivity contribution is 0.332. The number of rotatable bonds is 3. The van der Waals surface area contributed by atoms with Crippen LogP contribution < -0.4 is 16.0 Å². The van der Waals surface area contributed by atoms with Gasteiger partial charge in [-0.05, 0) is 176 Å². The molecule has 7 aromatic carbocycles. The highest BCUT2D eigenvalue weighted by atomic mass is 16.3. The fourth-order valence-electron chi connectivity index (χ4n) is 12.2. The van der Waals surface area contributed by atoms with Crippen molar-refractivity contribution in [3.05, 3.63) is 149 Å². The van der Waals surface area contributed by atoms with Crippen LogP contribution >= 0.6 is 0 Å². The molecule has 0 saturated carbocycles. The second kappa shape index (κ2) is 13.3. The van der Waals surface area contributed by atoms with Crippen molar-refractivity contribution in [1.82, 2.24) is 4.98 Å². The van der Waals surface area contributed by atoms with Gasteiger partial charge < -0.3 is 14.3 Å². The third-order valence-electron chi connectivity index (χ3n) is 16.2. The second-order valence-electron chi connectivity index (χ2n) is 22.3. The Morgan fingerprint density at radius 2 is 1.17 bits per heavy atom. The molecule has 4 heteroatoms. The summed E-state index contributed by atoms with van der Waals surface area (Å²) in [5.74, 6) is 0. The fourth-order valence-corrected chi connectivity index (χ4v) is 12.2. The normalized spacial score (nSPS) is 17.9. The van der Waals surface area contributed by atoms with E-state index in [4.69, 9.17) is 4.42 Å². The summed E-state index contributed by atoms with van der Waals surface area (Å²) in [5.41, 5.74) is 22.3. The lowest BCUT2D eigenvalue weighted by atomic mass is 9.60. The minimum Gasteiger partial charge on any atom is -0.469 e. The maximum atomic E-state index is 7.23. The smallest absolute Gasteiger partial charge is 0.247 e. The van der Waals surface area contributed by atoms with Gasteiger partial charge in [0.15, 0.2) is 0 Å². The molecule has 9 aromatic rings. The molecule has 2 aliphatic carbocycles. The average molecular weight is 834 g/mol. The Morgan fingerprint density at radius 1 is 0.547 bits per heavy atom. The predicted octanol–water partition coefficient (Wildman–Crippen LogP) is 15.3. The number of nitrogens with zero attached hydrogens (tertiary/aromatic N) is 1. The number of benzene rings is 7. The first kappa shape index (κ1) is 39.6. The number of H-pyrrole nitrogens is 1. The van der Waals surface area contributed by atoms with Gasteiger partial charge >= 0.3 is 0 Å². The molecule has 2 aromatic heterocycles. The Morgan fingerprint density at radius 3 is 1.88 bits per heavy atom. The SMILES string of the molecule is Cc1cccc(C)c1-c1cc(-c2cccc3c2[nH]c2cc4ccccc4cc23)c2c(c1)N(c1ccc3c(c1)C(C)(C)CCC3(C)C)c1c(oc3cc4c(cc13)C(C)(C)CCC4(C)C)[B]2. The molecule has 0 spiro atoms. The van der Waals surface area contributed by atoms with E-state index in [1.165, 1.54) is 106 Å². The first-order valence-corrected chi connectivity index (χ1v) is 23.6. The molecule has 0 unspecified atom stereocenters. The van der Waals surface area contributed by atoms with Crippen LogP contribution in [0.5, 0.6) is 0 Å². The van der Waals surface area contributed by atoms with Crippen LogP contribution in [0.15, 0.2) is 120 Å². The van der Waals surface area contributed by atoms with Gasteiger partial charge in [0.1, 0.15) is 5.58 Å². The molecule has 1 radical (unpaired) electrons. The molecule has 3 nitrogen and oxygen atoms in total. The highest BCUT2D eigenvalue weighted by molar-refractivity contribution is 6.73. The molecule has 317 valence electrons. The Bertz CT molecular complexity index is 3440. The van der Waals surface area contributed by atoms with Gasteiger partial charge in [-0.2, -0.15) is 0 Å². The number of para-hydroxylation sites is 1. The number of hydrogen-bond acceptors (Lipinski definition) is 2. The zero-order valence-corrected chi connectivity index (χ0v) is 39.2. The van der Waals surface area contributed by atoms with E-state index < -0.39 is 0 Å². The molecule has 0 bridgehead atoms. The lowest BCUT2D eigenvalue weighted by Gasteiger charge is -2.43. The van der Waals surface area contributed by atoms with Crippen LogP contribution in [0.4, 0.5) is 17.1 Å². The number of nitrogens with one attached hydrogen (secondary N) is 1. The van der Waals surface area contributed by atoms with Gasteiger partial charge in [0.05, 0.1) is 16.9 Å². The Balaban J connectivity index is 1.19. The molecule has 0 amide bonds. The van der Waals surface area contributed by atoms with Crippen molar-refractivity contribution in [3.8, 4) is 22.3 Å². The molecular weight excluding hydrogens is 775 g/mol. The summed E-state index contributed by atoms with van der Waals surface area (Å²) in [6.07, 6.45) is 4.65. The number of aromatic amines is 1. The Hall–Kier alpha value is -6.00. The van der Waals surface area contributed by atoms with E-state index in [0.29, 0.717) is 0 Å². The van der Waals surface area contributed by atoms with Gasteiger partial charge in [-0.1, -0.05) is 122 Å². The van der Waals surface area contributed by atoms with Crippen molar-refractivity contribution in [2.45, 2.75) is 117 Å². The number of anilines is 3. The second-order valence-corrected chi connectivity index (χ2v) is 22.3. The van der Waals surface area contributed by atoms with Crippen LogP contribution in [0.3, 0.4) is 0 Å². The summed E-state index contributed by atoms with van der Waals surface area (Å²) >= 11 is 0. The standard InChI is InChI=1S/C60H58BN2O/c1-34-15-13-16-35(2)52(34)38-28-43(41-20-14-19-40-42-27-36-17-11-12-18-37(36)29-49(42)62-54(40)41)53-50(30-38)63(39-21-22-45-46(31-39)58(5,6)24-23-57(45,3)4)55-44-32-47-48(33-51(44)64-56(55)61-53)60(9,10)26-25-59(47,7)8/h11-22,27-33,62H,23-26H2,1-10H3. The van der Waals surface area contributed by atoms with Gasteiger partial charge in [0.2, 0.25) is 7.28 Å². The predicted molar refractivity (Wildman–Crippen MR) is 274 cm³/mol. The molecule has 0 saturated heterocycles. The van der Waals surface area contributed by atoms with E-state index >= 15 is 0 Å². The summed E-state index contributed by atoms with van der Waals surface area (Å²) in [6, 6.07) is 44.1. The van der Waals surface area contributed by atoms with Crippen molar-refractivity contribution in [3.63, 3.8) is 0 Å². The minimum atomic E-state index is 0.0446. The monoisotopic (exact) mass is 833 g/mol. The summed E-state index contributed by atoms with van der Waals surface area (Å²) < 4.78 is 7.23. The van der Waals surface area contributed by atoms with Gasteiger partial charge in [0.25, 0.3) is 0 Å². The first-order chi connectivity index (χ1) is 30.5. The third kappa shape index (κ3) is 5.73. The van der Waals surface area contributed by atoms with Crippen LogP contribution in [-0.2, 0) is 21.7 Å². The van der Waals surface area contributed by atoms with Crippen molar-refractivity contribution < 1.29 is 4.42 Å². The summed E-state index contributed by atoms with van der Waals surface area (Å²) in [4.78, 5) is 6.54. The highest BCUT2D eigenvalue weighted by Crippen LogP contribution is 2.53. The van der Waals surface area contributed by atoms with Gasteiger partial charge in [-0.25, -0.2) is 0 Å². The zero-order chi connectivity index (χ0) is 44.2. The molecule has 3 aliphatic rings. The van der Waals surface area contributed by atoms with Crippen LogP contribution in [0, 0.1) is 13.8 Å². The van der Waals surface area contributed by atoms with Crippen molar-refractivity contribution in [2.75, 3.05) is 4.90 Å². The van der Waals surface area contributed by atoms with E-state index in [1.807, 2.05) is 0 Å². The largest absolute Gasteiger partial charge is 0.469 e. The quantitative estimate of drug-likeness (QED) is 0.180. The van der Waals surface area contributed by atoms with Gasteiger partial charge in [-0.15, -0.1) is 0 Å². The van der Waals surface area contributed by atoms with Gasteiger partial charge in [0, 0.05) is 38.6 Å². The Labute approximate surface area is 379 Å². The van der Waals surface area contributed by atoms with Crippen molar-refractivity contribution >= 4 is 79.0 Å². The average Bonchev–Trinajstić information content (AvgIpc) is 3.81. The number of fused-ring (bicyclic) bond motifs is 10. The number of aromatic nitrogens is 1. The number of furan rings is 1. The molecule has 1 N–H and O–H groups in total. The van der Waals surface area contributed by atoms with Gasteiger partial charge in [-0.3, -0.25) is 0 Å². The minimum absolute atomic E-state index is 0.0446. The highest BCUT2D eigenvalue weighted by Gasteiger charge is 2.42. The van der Waals surface area contributed by atoms with E-state index in [0.717, 1.165) is 47.2 Å². The van der Waals surface area contributed by atoms with Crippen LogP contribution in [0.1, 0.15) is 114 Å². The summed E-state index contributed by atoms with van der Waals surface area (Å²) in [6.45, 7) is 23.9. The molecular formula is C60H58BN2O. The number of hydrogen-bond donors (Lipinski definition) is 1. The van der Waals surface area contributed by atoms with Crippen molar-refractivity contribution in [2.24, 2.45) is 0 Å². The van der Waals surface area contributed by atoms with Crippen molar-refractivity contribution in [1.29, 1.82) is 0 Å². The molecule has 3 heterocycles. The molecule has 12 rings (SSSR count). The third-order valence-corrected chi connectivity index (χ3v) is 16.2. The van der Waals surface area contributed by atoms with Crippen LogP contribution in [0.2, 0.25) is 0 Å². The Kier molecular flexibility index (Phi) is 8.22. The van der Waals surface area contributed by atoms with E-state index in [9.17, 15) is 0 Å². The first-order valence-electron chi connectivity index (χ1n) is 23.6. The summed E-state index contributed by atoms with van der Waals surface area (Å²) in [7, 11) is 2.36. The maximum absolute atomic E-state index is 7.23. The molecule has 1 aliphatic heterocycles. The molecule has 0 fully saturated rings. The van der Waals surface area contributed by atoms with Crippen LogP contribution in [0.25, 0.3) is 65.8 Å². The van der Waals surface area contributed by atoms with Crippen LogP contribution in [-0.4, -0.2) is 12.3 Å². The molecule has 0 atom stereocenters. The molecule has 64 heavy (non-hydrogen) atoms. The topological polar surface area (TPSA) is 32.2 Å². The van der Waals surface area contributed by atoms with E-state index in [1.54, 1.807) is 0 Å². The fraction of sp³-hybridized carbons (Fsp3) is 0.300. The zero-order valence-electron chi connectivity index (χ0n) is 39.2. The lowest BCUT2D eigenvalue weighted by Crippen LogP contribution is -2.40.